The molecule has 0 aromatic heterocycles. The third-order valence-corrected chi connectivity index (χ3v) is 5.60. The van der Waals surface area contributed by atoms with Gasteiger partial charge in [0.2, 0.25) is 5.91 Å². The maximum atomic E-state index is 13.9. The molecule has 2 aromatic carbocycles. The van der Waals surface area contributed by atoms with Crippen LogP contribution in [0.2, 0.25) is 0 Å². The van der Waals surface area contributed by atoms with Crippen LogP contribution in [-0.2, 0) is 15.8 Å². The molecule has 0 spiro atoms. The second kappa shape index (κ2) is 8.57. The van der Waals surface area contributed by atoms with Crippen molar-refractivity contribution in [2.24, 2.45) is 0 Å². The number of nitrogens with one attached hydrogen (secondary N) is 1. The standard InChI is InChI=1S/C20H14F4N2O2S2/c1-11(17(27)25-15-9-5-3-7-13(15)20(22,23)24)26-18(28)16(30-19(26)29)10-12-6-2-4-8-14(12)21/h2-11H,1H3,(H,25,27)/b16-10-. The van der Waals surface area contributed by atoms with Gasteiger partial charge in [-0.15, -0.1) is 0 Å². The lowest BCUT2D eigenvalue weighted by Crippen LogP contribution is -2.44. The van der Waals surface area contributed by atoms with E-state index in [0.717, 1.165) is 28.8 Å². The molecule has 1 atom stereocenters. The van der Waals surface area contributed by atoms with Crippen LogP contribution in [0.5, 0.6) is 0 Å². The van der Waals surface area contributed by atoms with Crippen LogP contribution in [-0.4, -0.2) is 27.1 Å². The van der Waals surface area contributed by atoms with Crippen LogP contribution in [0.3, 0.4) is 0 Å². The molecule has 4 nitrogen and oxygen atoms in total. The smallest absolute Gasteiger partial charge is 0.324 e. The zero-order valence-electron chi connectivity index (χ0n) is 15.4. The fourth-order valence-corrected chi connectivity index (χ4v) is 4.15. The number of anilines is 1. The lowest BCUT2D eigenvalue weighted by Gasteiger charge is -2.23. The fourth-order valence-electron chi connectivity index (χ4n) is 2.74. The second-order valence-corrected chi connectivity index (χ2v) is 7.96. The molecule has 1 unspecified atom stereocenters. The summed E-state index contributed by atoms with van der Waals surface area (Å²) >= 11 is 6.05. The van der Waals surface area contributed by atoms with E-state index < -0.39 is 41.1 Å². The van der Waals surface area contributed by atoms with Gasteiger partial charge in [0.25, 0.3) is 5.91 Å². The second-order valence-electron chi connectivity index (χ2n) is 6.28. The van der Waals surface area contributed by atoms with E-state index in [-0.39, 0.29) is 14.8 Å². The van der Waals surface area contributed by atoms with Gasteiger partial charge in [-0.3, -0.25) is 14.5 Å². The quantitative estimate of drug-likeness (QED) is 0.398. The number of alkyl halides is 3. The Balaban J connectivity index is 1.81. The predicted molar refractivity (Wildman–Crippen MR) is 111 cm³/mol. The highest BCUT2D eigenvalue weighted by Crippen LogP contribution is 2.36. The molecule has 2 amide bonds. The van der Waals surface area contributed by atoms with E-state index in [4.69, 9.17) is 12.2 Å². The van der Waals surface area contributed by atoms with Crippen molar-refractivity contribution in [3.05, 3.63) is 70.4 Å². The molecule has 0 saturated carbocycles. The molecule has 1 fully saturated rings. The third kappa shape index (κ3) is 4.54. The van der Waals surface area contributed by atoms with Crippen LogP contribution < -0.4 is 5.32 Å². The summed E-state index contributed by atoms with van der Waals surface area (Å²) in [6, 6.07) is 9.17. The highest BCUT2D eigenvalue weighted by Gasteiger charge is 2.39. The minimum Gasteiger partial charge on any atom is -0.324 e. The summed E-state index contributed by atoms with van der Waals surface area (Å²) in [6.45, 7) is 1.35. The lowest BCUT2D eigenvalue weighted by atomic mass is 10.1. The Bertz CT molecular complexity index is 1050. The first kappa shape index (κ1) is 22.0. The summed E-state index contributed by atoms with van der Waals surface area (Å²) in [5.74, 6) is -1.99. The Morgan fingerprint density at radius 1 is 1.17 bits per heavy atom. The molecule has 1 heterocycles. The Morgan fingerprint density at radius 3 is 2.47 bits per heavy atom. The van der Waals surface area contributed by atoms with Crippen molar-refractivity contribution in [3.63, 3.8) is 0 Å². The number of hydrogen-bond acceptors (Lipinski definition) is 4. The number of hydrogen-bond donors (Lipinski definition) is 1. The summed E-state index contributed by atoms with van der Waals surface area (Å²) in [4.78, 5) is 26.4. The van der Waals surface area contributed by atoms with E-state index in [1.54, 1.807) is 6.07 Å². The highest BCUT2D eigenvalue weighted by atomic mass is 32.2. The van der Waals surface area contributed by atoms with Crippen molar-refractivity contribution in [2.45, 2.75) is 19.1 Å². The number of thiocarbonyl (C=S) groups is 1. The van der Waals surface area contributed by atoms with Crippen molar-refractivity contribution in [3.8, 4) is 0 Å². The summed E-state index contributed by atoms with van der Waals surface area (Å²) in [6.07, 6.45) is -3.34. The molecule has 0 radical (unpaired) electrons. The predicted octanol–water partition coefficient (Wildman–Crippen LogP) is 5.07. The van der Waals surface area contributed by atoms with E-state index in [1.807, 2.05) is 0 Å². The van der Waals surface area contributed by atoms with Crippen LogP contribution in [0.1, 0.15) is 18.1 Å². The number of nitrogens with zero attached hydrogens (tertiary/aromatic N) is 1. The Kier molecular flexibility index (Phi) is 6.27. The number of carbonyl (C=O) groups is 2. The molecule has 0 bridgehead atoms. The molecular weight excluding hydrogens is 440 g/mol. The maximum Gasteiger partial charge on any atom is 0.418 e. The van der Waals surface area contributed by atoms with Gasteiger partial charge in [0.1, 0.15) is 16.2 Å². The Morgan fingerprint density at radius 2 is 1.80 bits per heavy atom. The van der Waals surface area contributed by atoms with Gasteiger partial charge in [0, 0.05) is 5.56 Å². The number of halogens is 4. The number of para-hydroxylation sites is 1. The highest BCUT2D eigenvalue weighted by molar-refractivity contribution is 8.26. The first-order chi connectivity index (χ1) is 14.1. The van der Waals surface area contributed by atoms with Gasteiger partial charge in [0.15, 0.2) is 0 Å². The molecule has 10 heteroatoms. The van der Waals surface area contributed by atoms with Gasteiger partial charge < -0.3 is 5.32 Å². The average molecular weight is 454 g/mol. The molecule has 1 saturated heterocycles. The van der Waals surface area contributed by atoms with Crippen molar-refractivity contribution in [1.82, 2.24) is 4.90 Å². The van der Waals surface area contributed by atoms with Crippen molar-refractivity contribution < 1.29 is 27.2 Å². The lowest BCUT2D eigenvalue weighted by molar-refractivity contribution is -0.137. The number of thioether (sulfide) groups is 1. The zero-order valence-corrected chi connectivity index (χ0v) is 17.0. The molecule has 30 heavy (non-hydrogen) atoms. The van der Waals surface area contributed by atoms with Crippen molar-refractivity contribution in [1.29, 1.82) is 0 Å². The SMILES string of the molecule is CC(C(=O)Nc1ccccc1C(F)(F)F)N1C(=O)/C(=C/c2ccccc2F)SC1=S. The molecular formula is C20H14F4N2O2S2. The zero-order chi connectivity index (χ0) is 22.1. The molecule has 1 N–H and O–H groups in total. The monoisotopic (exact) mass is 454 g/mol. The van der Waals surface area contributed by atoms with Crippen LogP contribution in [0.25, 0.3) is 6.08 Å². The molecule has 1 aliphatic rings. The number of amides is 2. The topological polar surface area (TPSA) is 49.4 Å². The fraction of sp³-hybridized carbons (Fsp3) is 0.150. The largest absolute Gasteiger partial charge is 0.418 e. The first-order valence-corrected chi connectivity index (χ1v) is 9.80. The summed E-state index contributed by atoms with van der Waals surface area (Å²) in [7, 11) is 0. The van der Waals surface area contributed by atoms with Gasteiger partial charge >= 0.3 is 6.18 Å². The van der Waals surface area contributed by atoms with Gasteiger partial charge in [-0.2, -0.15) is 13.2 Å². The van der Waals surface area contributed by atoms with Crippen LogP contribution >= 0.6 is 24.0 Å². The molecule has 156 valence electrons. The van der Waals surface area contributed by atoms with E-state index in [2.05, 4.69) is 5.32 Å². The minimum atomic E-state index is -4.66. The van der Waals surface area contributed by atoms with Gasteiger partial charge in [-0.05, 0) is 31.2 Å². The number of rotatable bonds is 4. The molecule has 2 aromatic rings. The first-order valence-electron chi connectivity index (χ1n) is 8.58. The van der Waals surface area contributed by atoms with Crippen LogP contribution in [0, 0.1) is 5.82 Å². The Labute approximate surface area is 178 Å². The normalized spacial score (nSPS) is 16.8. The third-order valence-electron chi connectivity index (χ3n) is 4.27. The average Bonchev–Trinajstić information content (AvgIpc) is 2.96. The van der Waals surface area contributed by atoms with Gasteiger partial charge in [0.05, 0.1) is 16.2 Å². The summed E-state index contributed by atoms with van der Waals surface area (Å²) in [5, 5.41) is 2.21. The van der Waals surface area contributed by atoms with Crippen molar-refractivity contribution >= 4 is 51.9 Å². The number of benzene rings is 2. The van der Waals surface area contributed by atoms with Gasteiger partial charge in [-0.25, -0.2) is 4.39 Å². The number of carbonyl (C=O) groups excluding carboxylic acids is 2. The maximum absolute atomic E-state index is 13.9. The van der Waals surface area contributed by atoms with E-state index in [1.165, 1.54) is 43.3 Å². The van der Waals surface area contributed by atoms with Crippen LogP contribution in [0.15, 0.2) is 53.4 Å². The molecule has 3 rings (SSSR count). The van der Waals surface area contributed by atoms with E-state index in [9.17, 15) is 27.2 Å². The summed E-state index contributed by atoms with van der Waals surface area (Å²) < 4.78 is 53.3. The van der Waals surface area contributed by atoms with Gasteiger partial charge in [-0.1, -0.05) is 54.3 Å². The molecule has 1 aliphatic heterocycles. The summed E-state index contributed by atoms with van der Waals surface area (Å²) in [5.41, 5.74) is -1.25. The Hall–Kier alpha value is -2.72. The van der Waals surface area contributed by atoms with E-state index >= 15 is 0 Å². The minimum absolute atomic E-state index is 0.0503. The molecule has 0 aliphatic carbocycles. The van der Waals surface area contributed by atoms with Crippen LogP contribution in [0.4, 0.5) is 23.2 Å². The van der Waals surface area contributed by atoms with Crippen molar-refractivity contribution in [2.75, 3.05) is 5.32 Å². The van der Waals surface area contributed by atoms with E-state index in [0.29, 0.717) is 0 Å².